The maximum absolute atomic E-state index is 12.3. The molecule has 1 heterocycles. The molecule has 4 heteroatoms. The maximum atomic E-state index is 12.3. The Morgan fingerprint density at radius 3 is 2.39 bits per heavy atom. The summed E-state index contributed by atoms with van der Waals surface area (Å²) in [6.07, 6.45) is 2.77. The van der Waals surface area contributed by atoms with Gasteiger partial charge in [-0.3, -0.25) is 0 Å². The van der Waals surface area contributed by atoms with Gasteiger partial charge < -0.3 is 14.4 Å². The lowest BCUT2D eigenvalue weighted by Crippen LogP contribution is -2.44. The summed E-state index contributed by atoms with van der Waals surface area (Å²) in [5.74, 6) is 1.22. The number of nitrogens with zero attached hydrogens (tertiary/aromatic N) is 1. The molecular formula is C24H31NO3. The number of hydrogen-bond acceptors (Lipinski definition) is 3. The van der Waals surface area contributed by atoms with E-state index in [9.17, 15) is 4.79 Å². The van der Waals surface area contributed by atoms with Crippen LogP contribution in [0.2, 0.25) is 0 Å². The van der Waals surface area contributed by atoms with Gasteiger partial charge in [-0.25, -0.2) is 4.79 Å². The molecule has 0 N–H and O–H groups in total. The molecule has 2 aromatic rings. The Labute approximate surface area is 168 Å². The van der Waals surface area contributed by atoms with Gasteiger partial charge in [-0.05, 0) is 63.3 Å². The molecule has 1 unspecified atom stereocenters. The van der Waals surface area contributed by atoms with Crippen LogP contribution in [0.25, 0.3) is 0 Å². The molecule has 0 saturated carbocycles. The number of ether oxygens (including phenoxy) is 2. The minimum Gasteiger partial charge on any atom is -0.493 e. The Hall–Kier alpha value is -2.49. The summed E-state index contributed by atoms with van der Waals surface area (Å²) in [4.78, 5) is 14.1. The van der Waals surface area contributed by atoms with Crippen molar-refractivity contribution in [3.63, 3.8) is 0 Å². The molecule has 1 fully saturated rings. The Morgan fingerprint density at radius 1 is 1.04 bits per heavy atom. The zero-order chi connectivity index (χ0) is 20.0. The van der Waals surface area contributed by atoms with Crippen molar-refractivity contribution in [3.8, 4) is 5.75 Å². The van der Waals surface area contributed by atoms with Crippen LogP contribution in [-0.4, -0.2) is 36.3 Å². The Morgan fingerprint density at radius 2 is 1.71 bits per heavy atom. The zero-order valence-electron chi connectivity index (χ0n) is 17.2. The molecule has 1 amide bonds. The van der Waals surface area contributed by atoms with Gasteiger partial charge in [-0.1, -0.05) is 42.5 Å². The molecule has 150 valence electrons. The highest BCUT2D eigenvalue weighted by Crippen LogP contribution is 2.21. The molecule has 0 aliphatic carbocycles. The highest BCUT2D eigenvalue weighted by molar-refractivity contribution is 5.68. The lowest BCUT2D eigenvalue weighted by atomic mass is 9.99. The van der Waals surface area contributed by atoms with E-state index in [1.165, 1.54) is 11.1 Å². The number of rotatable bonds is 5. The lowest BCUT2D eigenvalue weighted by molar-refractivity contribution is 0.0139. The third kappa shape index (κ3) is 6.29. The molecule has 1 aliphatic rings. The zero-order valence-corrected chi connectivity index (χ0v) is 17.2. The summed E-state index contributed by atoms with van der Waals surface area (Å²) in [6, 6.07) is 18.8. The number of amides is 1. The van der Waals surface area contributed by atoms with E-state index in [0.29, 0.717) is 19.1 Å². The molecule has 1 atom stereocenters. The monoisotopic (exact) mass is 381 g/mol. The van der Waals surface area contributed by atoms with Gasteiger partial charge in [0.25, 0.3) is 0 Å². The van der Waals surface area contributed by atoms with Crippen molar-refractivity contribution in [1.82, 2.24) is 4.90 Å². The van der Waals surface area contributed by atoms with Crippen molar-refractivity contribution >= 4 is 6.09 Å². The van der Waals surface area contributed by atoms with Crippen molar-refractivity contribution < 1.29 is 14.3 Å². The second-order valence-electron chi connectivity index (χ2n) is 8.55. The van der Waals surface area contributed by atoms with Crippen LogP contribution in [-0.2, 0) is 11.2 Å². The molecular weight excluding hydrogens is 350 g/mol. The van der Waals surface area contributed by atoms with E-state index in [2.05, 4.69) is 36.4 Å². The van der Waals surface area contributed by atoms with E-state index < -0.39 is 5.60 Å². The van der Waals surface area contributed by atoms with Crippen molar-refractivity contribution in [3.05, 3.63) is 65.7 Å². The van der Waals surface area contributed by atoms with Crippen molar-refractivity contribution in [2.75, 3.05) is 19.7 Å². The Balaban J connectivity index is 1.47. The third-order valence-electron chi connectivity index (χ3n) is 4.83. The van der Waals surface area contributed by atoms with Crippen LogP contribution in [0.15, 0.2) is 54.6 Å². The molecule has 0 spiro atoms. The van der Waals surface area contributed by atoms with Gasteiger partial charge in [0.1, 0.15) is 11.4 Å². The van der Waals surface area contributed by atoms with Gasteiger partial charge in [-0.15, -0.1) is 0 Å². The number of piperidine rings is 1. The fraction of sp³-hybridized carbons (Fsp3) is 0.458. The van der Waals surface area contributed by atoms with Crippen LogP contribution in [0.3, 0.4) is 0 Å². The summed E-state index contributed by atoms with van der Waals surface area (Å²) in [6.45, 7) is 7.78. The van der Waals surface area contributed by atoms with Gasteiger partial charge >= 0.3 is 6.09 Å². The van der Waals surface area contributed by atoms with Crippen LogP contribution in [0, 0.1) is 5.92 Å². The molecule has 2 aromatic carbocycles. The molecule has 3 rings (SSSR count). The molecule has 0 bridgehead atoms. The Kier molecular flexibility index (Phi) is 6.61. The first-order valence-corrected chi connectivity index (χ1v) is 10.1. The van der Waals surface area contributed by atoms with Gasteiger partial charge in [-0.2, -0.15) is 0 Å². The topological polar surface area (TPSA) is 38.8 Å². The van der Waals surface area contributed by atoms with Gasteiger partial charge in [0, 0.05) is 19.0 Å². The predicted molar refractivity (Wildman–Crippen MR) is 112 cm³/mol. The van der Waals surface area contributed by atoms with Crippen LogP contribution in [0.1, 0.15) is 44.7 Å². The second-order valence-corrected chi connectivity index (χ2v) is 8.55. The van der Waals surface area contributed by atoms with Gasteiger partial charge in [0.05, 0.1) is 6.61 Å². The lowest BCUT2D eigenvalue weighted by Gasteiger charge is -2.34. The summed E-state index contributed by atoms with van der Waals surface area (Å²) >= 11 is 0. The first kappa shape index (κ1) is 20.2. The Bertz CT molecular complexity index is 750. The molecule has 4 nitrogen and oxygen atoms in total. The van der Waals surface area contributed by atoms with E-state index in [-0.39, 0.29) is 6.09 Å². The van der Waals surface area contributed by atoms with E-state index in [4.69, 9.17) is 9.47 Å². The normalized spacial score (nSPS) is 17.2. The van der Waals surface area contributed by atoms with E-state index in [1.807, 2.05) is 43.9 Å². The number of carbonyl (C=O) groups is 1. The van der Waals surface area contributed by atoms with E-state index in [1.54, 1.807) is 0 Å². The number of hydrogen-bond donors (Lipinski definition) is 0. The third-order valence-corrected chi connectivity index (χ3v) is 4.83. The van der Waals surface area contributed by atoms with E-state index in [0.717, 1.165) is 31.6 Å². The minimum absolute atomic E-state index is 0.220. The summed E-state index contributed by atoms with van der Waals surface area (Å²) in [5, 5.41) is 0. The standard InChI is InChI=1S/C24H31NO3/c1-24(2,3)28-23(26)25-15-7-10-21(17-25)18-27-22-13-11-20(12-14-22)16-19-8-5-4-6-9-19/h4-6,8-9,11-14,21H,7,10,15-18H2,1-3H3. The minimum atomic E-state index is -0.456. The highest BCUT2D eigenvalue weighted by Gasteiger charge is 2.27. The van der Waals surface area contributed by atoms with Crippen molar-refractivity contribution in [2.24, 2.45) is 5.92 Å². The molecule has 1 aliphatic heterocycles. The summed E-state index contributed by atoms with van der Waals surface area (Å²) < 4.78 is 11.5. The largest absolute Gasteiger partial charge is 0.493 e. The second kappa shape index (κ2) is 9.13. The predicted octanol–water partition coefficient (Wildman–Crippen LogP) is 5.30. The molecule has 1 saturated heterocycles. The SMILES string of the molecule is CC(C)(C)OC(=O)N1CCCC(COc2ccc(Cc3ccccc3)cc2)C1. The number of benzene rings is 2. The average Bonchev–Trinajstić information content (AvgIpc) is 2.67. The maximum Gasteiger partial charge on any atom is 0.410 e. The van der Waals surface area contributed by atoms with Crippen molar-refractivity contribution in [1.29, 1.82) is 0 Å². The van der Waals surface area contributed by atoms with Gasteiger partial charge in [0.2, 0.25) is 0 Å². The van der Waals surface area contributed by atoms with Crippen LogP contribution in [0.4, 0.5) is 4.79 Å². The fourth-order valence-electron chi connectivity index (χ4n) is 3.44. The highest BCUT2D eigenvalue weighted by atomic mass is 16.6. The fourth-order valence-corrected chi connectivity index (χ4v) is 3.44. The summed E-state index contributed by atoms with van der Waals surface area (Å²) in [5.41, 5.74) is 2.12. The average molecular weight is 382 g/mol. The van der Waals surface area contributed by atoms with E-state index >= 15 is 0 Å². The summed E-state index contributed by atoms with van der Waals surface area (Å²) in [7, 11) is 0. The van der Waals surface area contributed by atoms with Crippen molar-refractivity contribution in [2.45, 2.75) is 45.6 Å². The molecule has 0 radical (unpaired) electrons. The quantitative estimate of drug-likeness (QED) is 0.705. The first-order valence-electron chi connectivity index (χ1n) is 10.1. The van der Waals surface area contributed by atoms with Crippen LogP contribution >= 0.6 is 0 Å². The molecule has 28 heavy (non-hydrogen) atoms. The van der Waals surface area contributed by atoms with Gasteiger partial charge in [0.15, 0.2) is 0 Å². The first-order chi connectivity index (χ1) is 13.4. The smallest absolute Gasteiger partial charge is 0.410 e. The van der Waals surface area contributed by atoms with Crippen LogP contribution in [0.5, 0.6) is 5.75 Å². The van der Waals surface area contributed by atoms with Crippen LogP contribution < -0.4 is 4.74 Å². The molecule has 0 aromatic heterocycles. The number of carbonyl (C=O) groups excluding carboxylic acids is 1. The number of likely N-dealkylation sites (tertiary alicyclic amines) is 1.